The van der Waals surface area contributed by atoms with Gasteiger partial charge in [-0.15, -0.1) is 0 Å². The Labute approximate surface area is 161 Å². The van der Waals surface area contributed by atoms with Crippen LogP contribution in [0.15, 0.2) is 23.3 Å². The Morgan fingerprint density at radius 2 is 2.00 bits per heavy atom. The number of hydrogen-bond donors (Lipinski definition) is 1. The second-order valence-electron chi connectivity index (χ2n) is 7.17. The zero-order valence-electron chi connectivity index (χ0n) is 16.5. The lowest BCUT2D eigenvalue weighted by atomic mass is 9.97. The summed E-state index contributed by atoms with van der Waals surface area (Å²) in [5, 5.41) is 3.37. The van der Waals surface area contributed by atoms with Gasteiger partial charge in [-0.1, -0.05) is 6.07 Å². The Balaban J connectivity index is 1.58. The van der Waals surface area contributed by atoms with Gasteiger partial charge < -0.3 is 19.9 Å². The van der Waals surface area contributed by atoms with Crippen LogP contribution in [0.25, 0.3) is 0 Å². The van der Waals surface area contributed by atoms with Crippen molar-refractivity contribution >= 4 is 17.7 Å². The summed E-state index contributed by atoms with van der Waals surface area (Å²) < 4.78 is 4.87. The van der Waals surface area contributed by atoms with Crippen molar-refractivity contribution in [2.24, 2.45) is 10.9 Å². The fourth-order valence-electron chi connectivity index (χ4n) is 3.73. The van der Waals surface area contributed by atoms with Gasteiger partial charge in [0.15, 0.2) is 5.96 Å². The number of pyridine rings is 1. The molecule has 148 valence electrons. The van der Waals surface area contributed by atoms with Crippen LogP contribution in [0.4, 0.5) is 5.82 Å². The molecule has 0 bridgehead atoms. The highest BCUT2D eigenvalue weighted by molar-refractivity contribution is 5.80. The first-order valence-corrected chi connectivity index (χ1v) is 10.0. The highest BCUT2D eigenvalue weighted by Gasteiger charge is 2.26. The first kappa shape index (κ1) is 19.5. The molecule has 0 spiro atoms. The fourth-order valence-corrected chi connectivity index (χ4v) is 3.73. The molecule has 0 radical (unpaired) electrons. The van der Waals surface area contributed by atoms with Crippen molar-refractivity contribution in [2.45, 2.75) is 39.2 Å². The van der Waals surface area contributed by atoms with Crippen LogP contribution in [-0.4, -0.2) is 61.6 Å². The predicted octanol–water partition coefficient (Wildman–Crippen LogP) is 2.03. The van der Waals surface area contributed by atoms with E-state index in [9.17, 15) is 4.79 Å². The molecular weight excluding hydrogens is 342 g/mol. The van der Waals surface area contributed by atoms with E-state index in [1.54, 1.807) is 0 Å². The number of esters is 1. The van der Waals surface area contributed by atoms with Gasteiger partial charge in [0.05, 0.1) is 19.6 Å². The van der Waals surface area contributed by atoms with Crippen molar-refractivity contribution in [3.8, 4) is 0 Å². The Hall–Kier alpha value is -2.31. The number of nitrogens with one attached hydrogen (secondary N) is 1. The highest BCUT2D eigenvalue weighted by atomic mass is 16.5. The monoisotopic (exact) mass is 373 g/mol. The lowest BCUT2D eigenvalue weighted by Crippen LogP contribution is -2.46. The van der Waals surface area contributed by atoms with Gasteiger partial charge in [-0.05, 0) is 44.2 Å². The summed E-state index contributed by atoms with van der Waals surface area (Å²) in [7, 11) is 1.46. The molecule has 3 rings (SSSR count). The van der Waals surface area contributed by atoms with Crippen LogP contribution < -0.4 is 10.2 Å². The molecule has 0 unspecified atom stereocenters. The molecule has 1 aromatic rings. The number of piperidine rings is 1. The molecule has 7 heteroatoms. The number of carbonyl (C=O) groups is 1. The van der Waals surface area contributed by atoms with E-state index in [-0.39, 0.29) is 11.9 Å². The fraction of sp³-hybridized carbons (Fsp3) is 0.650. The lowest BCUT2D eigenvalue weighted by molar-refractivity contribution is -0.146. The molecule has 2 saturated heterocycles. The number of anilines is 1. The minimum Gasteiger partial charge on any atom is -0.469 e. The molecule has 0 saturated carbocycles. The second kappa shape index (κ2) is 9.58. The third-order valence-corrected chi connectivity index (χ3v) is 5.31. The van der Waals surface area contributed by atoms with Gasteiger partial charge in [-0.3, -0.25) is 4.79 Å². The predicted molar refractivity (Wildman–Crippen MR) is 107 cm³/mol. The topological polar surface area (TPSA) is 70.1 Å². The van der Waals surface area contributed by atoms with Gasteiger partial charge in [-0.2, -0.15) is 0 Å². The van der Waals surface area contributed by atoms with Crippen LogP contribution in [0.2, 0.25) is 0 Å². The number of rotatable bonds is 5. The van der Waals surface area contributed by atoms with Crippen LogP contribution in [-0.2, 0) is 16.1 Å². The van der Waals surface area contributed by atoms with Crippen LogP contribution in [0, 0.1) is 5.92 Å². The van der Waals surface area contributed by atoms with E-state index in [1.807, 2.05) is 6.20 Å². The number of nitrogens with zero attached hydrogens (tertiary/aromatic N) is 4. The summed E-state index contributed by atoms with van der Waals surface area (Å²) in [5.41, 5.74) is 1.11. The third-order valence-electron chi connectivity index (χ3n) is 5.31. The summed E-state index contributed by atoms with van der Waals surface area (Å²) in [6.45, 7) is 7.35. The minimum atomic E-state index is -0.0965. The van der Waals surface area contributed by atoms with E-state index in [0.717, 1.165) is 62.9 Å². The summed E-state index contributed by atoms with van der Waals surface area (Å²) in [6.07, 6.45) is 6.06. The largest absolute Gasteiger partial charge is 0.469 e. The van der Waals surface area contributed by atoms with Crippen molar-refractivity contribution < 1.29 is 9.53 Å². The van der Waals surface area contributed by atoms with Gasteiger partial charge in [-0.25, -0.2) is 9.98 Å². The maximum absolute atomic E-state index is 11.7. The van der Waals surface area contributed by atoms with Crippen LogP contribution in [0.3, 0.4) is 0 Å². The molecule has 1 N–H and O–H groups in total. The summed E-state index contributed by atoms with van der Waals surface area (Å²) >= 11 is 0. The van der Waals surface area contributed by atoms with E-state index < -0.39 is 0 Å². The highest BCUT2D eigenvalue weighted by Crippen LogP contribution is 2.19. The smallest absolute Gasteiger partial charge is 0.308 e. The number of aromatic nitrogens is 1. The molecule has 1 aromatic heterocycles. The number of carbonyl (C=O) groups excluding carboxylic acids is 1. The van der Waals surface area contributed by atoms with Crippen LogP contribution in [0.5, 0.6) is 0 Å². The number of ether oxygens (including phenoxy) is 1. The zero-order chi connectivity index (χ0) is 19.1. The molecule has 2 fully saturated rings. The minimum absolute atomic E-state index is 0.0106. The Morgan fingerprint density at radius 3 is 2.59 bits per heavy atom. The number of aliphatic imine (C=N–C) groups is 1. The van der Waals surface area contributed by atoms with Crippen molar-refractivity contribution in [3.05, 3.63) is 23.9 Å². The van der Waals surface area contributed by atoms with Gasteiger partial charge in [0.2, 0.25) is 0 Å². The molecular formula is C20H31N5O2. The lowest BCUT2D eigenvalue weighted by Gasteiger charge is -2.33. The number of hydrogen-bond acceptors (Lipinski definition) is 5. The third kappa shape index (κ3) is 5.11. The molecule has 27 heavy (non-hydrogen) atoms. The molecule has 3 heterocycles. The summed E-state index contributed by atoms with van der Waals surface area (Å²) in [5.74, 6) is 1.89. The van der Waals surface area contributed by atoms with Gasteiger partial charge in [0.25, 0.3) is 0 Å². The molecule has 0 amide bonds. The normalized spacial score (nSPS) is 18.7. The summed E-state index contributed by atoms with van der Waals surface area (Å²) in [6, 6.07) is 4.22. The van der Waals surface area contributed by atoms with E-state index in [4.69, 9.17) is 9.73 Å². The molecule has 2 aliphatic heterocycles. The number of likely N-dealkylation sites (tertiary alicyclic amines) is 1. The number of guanidine groups is 1. The summed E-state index contributed by atoms with van der Waals surface area (Å²) in [4.78, 5) is 25.7. The van der Waals surface area contributed by atoms with Crippen molar-refractivity contribution in [1.29, 1.82) is 0 Å². The Morgan fingerprint density at radius 1 is 1.26 bits per heavy atom. The van der Waals surface area contributed by atoms with E-state index in [2.05, 4.69) is 39.2 Å². The van der Waals surface area contributed by atoms with Crippen molar-refractivity contribution in [3.63, 3.8) is 0 Å². The molecule has 0 aromatic carbocycles. The average Bonchev–Trinajstić information content (AvgIpc) is 3.26. The Bertz CT molecular complexity index is 632. The van der Waals surface area contributed by atoms with E-state index in [0.29, 0.717) is 6.54 Å². The quantitative estimate of drug-likeness (QED) is 0.484. The average molecular weight is 374 g/mol. The molecule has 0 aliphatic carbocycles. The van der Waals surface area contributed by atoms with Gasteiger partial charge >= 0.3 is 5.97 Å². The molecule has 0 atom stereocenters. The zero-order valence-corrected chi connectivity index (χ0v) is 16.5. The standard InChI is InChI=1S/C20H31N5O2/c1-3-21-20(25-12-8-17(9-13-25)19(26)27-2)23-15-16-6-7-18(22-14-16)24-10-4-5-11-24/h6-7,14,17H,3-5,8-13,15H2,1-2H3,(H,21,23). The Kier molecular flexibility index (Phi) is 6.90. The van der Waals surface area contributed by atoms with Crippen molar-refractivity contribution in [1.82, 2.24) is 15.2 Å². The first-order chi connectivity index (χ1) is 13.2. The van der Waals surface area contributed by atoms with Gasteiger partial charge in [0, 0.05) is 38.9 Å². The molecule has 2 aliphatic rings. The SMILES string of the molecule is CCNC(=NCc1ccc(N2CCCC2)nc1)N1CCC(C(=O)OC)CC1. The molecule has 7 nitrogen and oxygen atoms in total. The van der Waals surface area contributed by atoms with Crippen molar-refractivity contribution in [2.75, 3.05) is 44.7 Å². The van der Waals surface area contributed by atoms with Gasteiger partial charge in [0.1, 0.15) is 5.82 Å². The number of methoxy groups -OCH3 is 1. The van der Waals surface area contributed by atoms with Crippen LogP contribution >= 0.6 is 0 Å². The van der Waals surface area contributed by atoms with E-state index >= 15 is 0 Å². The second-order valence-corrected chi connectivity index (χ2v) is 7.17. The van der Waals surface area contributed by atoms with Crippen LogP contribution in [0.1, 0.15) is 38.2 Å². The van der Waals surface area contributed by atoms with E-state index in [1.165, 1.54) is 20.0 Å². The maximum atomic E-state index is 11.7. The first-order valence-electron chi connectivity index (χ1n) is 10.0. The maximum Gasteiger partial charge on any atom is 0.308 e.